The van der Waals surface area contributed by atoms with Crippen LogP contribution < -0.4 is 11.1 Å². The number of ketones is 1. The van der Waals surface area contributed by atoms with E-state index in [1.54, 1.807) is 13.8 Å². The predicted molar refractivity (Wildman–Crippen MR) is 196 cm³/mol. The average Bonchev–Trinajstić information content (AvgIpc) is 3.21. The zero-order chi connectivity index (χ0) is 35.3. The monoisotopic (exact) mass is 843 g/mol. The second-order valence-corrected chi connectivity index (χ2v) is 17.3. The summed E-state index contributed by atoms with van der Waals surface area (Å²) in [6.45, 7) is 5.86. The molecule has 3 N–H and O–H groups in total. The number of aryl methyl sites for hydroxylation is 2. The molecule has 2 unspecified atom stereocenters. The number of likely N-dealkylation sites (tertiary alicyclic amines) is 2. The molecule has 3 heterocycles. The second kappa shape index (κ2) is 17.1. The molecule has 1 aliphatic carbocycles. The number of fused-ring (bicyclic) bond motifs is 2. The number of piperidine rings is 2. The molecular formula is C34H45Br2ClN5O6P. The highest BCUT2D eigenvalue weighted by atomic mass is 79.9. The first-order chi connectivity index (χ1) is 23.4. The van der Waals surface area contributed by atoms with Crippen molar-refractivity contribution in [2.75, 3.05) is 52.1 Å². The van der Waals surface area contributed by atoms with Crippen molar-refractivity contribution < 1.29 is 28.0 Å². The van der Waals surface area contributed by atoms with Crippen molar-refractivity contribution in [1.82, 2.24) is 20.1 Å². The summed E-state index contributed by atoms with van der Waals surface area (Å²) in [6.07, 6.45) is 5.79. The van der Waals surface area contributed by atoms with Crippen molar-refractivity contribution in [3.05, 3.63) is 60.7 Å². The number of amides is 3. The molecule has 0 spiro atoms. The van der Waals surface area contributed by atoms with E-state index in [1.807, 2.05) is 17.2 Å². The molecule has 0 bridgehead atoms. The van der Waals surface area contributed by atoms with Gasteiger partial charge in [0, 0.05) is 71.1 Å². The highest BCUT2D eigenvalue weighted by Gasteiger charge is 2.41. The summed E-state index contributed by atoms with van der Waals surface area (Å²) >= 11 is 13.9. The van der Waals surface area contributed by atoms with Gasteiger partial charge in [-0.2, -0.15) is 0 Å². The number of urea groups is 1. The Hall–Kier alpha value is -1.86. The zero-order valence-electron chi connectivity index (χ0n) is 28.0. The van der Waals surface area contributed by atoms with Crippen molar-refractivity contribution in [3.63, 3.8) is 0 Å². The molecule has 2 aliphatic heterocycles. The number of carbonyl (C=O) groups excluding carboxylic acids is 3. The molecule has 0 saturated carbocycles. The van der Waals surface area contributed by atoms with Gasteiger partial charge < -0.3 is 29.9 Å². The van der Waals surface area contributed by atoms with Crippen LogP contribution in [0.1, 0.15) is 67.8 Å². The number of nitrogens with two attached hydrogens (primary N) is 1. The molecule has 2 saturated heterocycles. The fourth-order valence-corrected chi connectivity index (χ4v) is 10.6. The third-order valence-electron chi connectivity index (χ3n) is 9.86. The first kappa shape index (κ1) is 38.4. The van der Waals surface area contributed by atoms with Gasteiger partial charge in [0.05, 0.1) is 25.1 Å². The van der Waals surface area contributed by atoms with Gasteiger partial charge in [-0.25, -0.2) is 4.79 Å². The third kappa shape index (κ3) is 9.15. The van der Waals surface area contributed by atoms with Gasteiger partial charge in [-0.05, 0) is 103 Å². The van der Waals surface area contributed by atoms with Gasteiger partial charge in [0.1, 0.15) is 6.04 Å². The number of benzene rings is 1. The fourth-order valence-electron chi connectivity index (χ4n) is 7.56. The molecule has 2 fully saturated rings. The quantitative estimate of drug-likeness (QED) is 0.187. The van der Waals surface area contributed by atoms with Crippen molar-refractivity contribution in [1.29, 1.82) is 0 Å². The summed E-state index contributed by atoms with van der Waals surface area (Å²) < 4.78 is 25.4. The molecule has 11 nitrogen and oxygen atoms in total. The van der Waals surface area contributed by atoms with Gasteiger partial charge >= 0.3 is 13.6 Å². The number of Topliss-reactive ketones (excluding diaryl/α,β-unsaturated/α-hetero) is 1. The van der Waals surface area contributed by atoms with Crippen LogP contribution in [0.2, 0.25) is 5.02 Å². The Labute approximate surface area is 310 Å². The minimum absolute atomic E-state index is 0.0536. The van der Waals surface area contributed by atoms with E-state index in [0.717, 1.165) is 40.3 Å². The Morgan fingerprint density at radius 1 is 1.06 bits per heavy atom. The van der Waals surface area contributed by atoms with Crippen LogP contribution in [-0.4, -0.2) is 90.6 Å². The minimum atomic E-state index is -3.26. The maximum absolute atomic E-state index is 13.7. The molecule has 15 heteroatoms. The van der Waals surface area contributed by atoms with Crippen LogP contribution in [0.25, 0.3) is 0 Å². The van der Waals surface area contributed by atoms with Crippen molar-refractivity contribution in [3.8, 4) is 0 Å². The van der Waals surface area contributed by atoms with E-state index in [1.165, 1.54) is 21.6 Å². The van der Waals surface area contributed by atoms with E-state index in [-0.39, 0.29) is 69.0 Å². The van der Waals surface area contributed by atoms with Crippen LogP contribution in [0.3, 0.4) is 0 Å². The molecule has 3 amide bonds. The largest absolute Gasteiger partial charge is 0.351 e. The topological polar surface area (TPSA) is 144 Å². The van der Waals surface area contributed by atoms with E-state index in [2.05, 4.69) is 49.3 Å². The standard InChI is InChI=1S/C34H45Br2ClN5O6P/c1-3-47-49(46,48-4-2)14-10-39-20-28-33(44)24(9-13-42(28)34(38)45)17-29(43)41-11-7-21(8-12-41)31-30-22(16-26(37)18-27(30)36)5-6-23-15-25(35)19-40-32(23)31/h15-16,18-19,21,24,28,31,39H,3-14,17,20H2,1-2H3,(H2,38,45)/t24?,28?,31-/m1/s1. The Morgan fingerprint density at radius 2 is 1.76 bits per heavy atom. The molecule has 268 valence electrons. The minimum Gasteiger partial charge on any atom is -0.351 e. The van der Waals surface area contributed by atoms with Gasteiger partial charge in [0.15, 0.2) is 5.78 Å². The fraction of sp³-hybridized carbons (Fsp3) is 0.588. The van der Waals surface area contributed by atoms with Crippen LogP contribution in [0.15, 0.2) is 33.3 Å². The normalized spacial score (nSPS) is 21.7. The number of primary amides is 1. The van der Waals surface area contributed by atoms with Crippen molar-refractivity contribution >= 4 is 68.8 Å². The van der Waals surface area contributed by atoms with Crippen LogP contribution in [0.4, 0.5) is 4.79 Å². The van der Waals surface area contributed by atoms with Gasteiger partial charge in [-0.1, -0.05) is 27.5 Å². The number of hydrogen-bond donors (Lipinski definition) is 2. The molecule has 1 aromatic heterocycles. The van der Waals surface area contributed by atoms with Gasteiger partial charge in [-0.3, -0.25) is 19.1 Å². The first-order valence-corrected chi connectivity index (χ1v) is 20.7. The number of aromatic nitrogens is 1. The second-order valence-electron chi connectivity index (χ2n) is 12.9. The summed E-state index contributed by atoms with van der Waals surface area (Å²) in [6, 6.07) is 4.69. The summed E-state index contributed by atoms with van der Waals surface area (Å²) in [5.41, 5.74) is 10.4. The smallest absolute Gasteiger partial charge is 0.331 e. The Kier molecular flexibility index (Phi) is 13.4. The predicted octanol–water partition coefficient (Wildman–Crippen LogP) is 6.31. The van der Waals surface area contributed by atoms with Crippen LogP contribution in [0.5, 0.6) is 0 Å². The molecule has 3 aliphatic rings. The SMILES string of the molecule is CCOP(=O)(CCNCC1C(=O)C(CC(=O)N2CCC([C@H]3c4ncc(Br)cc4CCc4cc(Cl)cc(Br)c43)CC2)CCN1C(N)=O)OCC. The van der Waals surface area contributed by atoms with Crippen molar-refractivity contribution in [2.24, 2.45) is 17.6 Å². The summed E-state index contributed by atoms with van der Waals surface area (Å²) in [5, 5.41) is 3.83. The van der Waals surface area contributed by atoms with Crippen molar-refractivity contribution in [2.45, 2.75) is 64.3 Å². The molecule has 3 atom stereocenters. The summed E-state index contributed by atoms with van der Waals surface area (Å²) in [5.74, 6) is -0.432. The number of nitrogens with zero attached hydrogens (tertiary/aromatic N) is 3. The number of rotatable bonds is 12. The lowest BCUT2D eigenvalue weighted by molar-refractivity contribution is -0.139. The Balaban J connectivity index is 1.22. The lowest BCUT2D eigenvalue weighted by Crippen LogP contribution is -2.58. The van der Waals surface area contributed by atoms with Gasteiger partial charge in [-0.15, -0.1) is 0 Å². The Morgan fingerprint density at radius 3 is 2.43 bits per heavy atom. The number of carbonyl (C=O) groups is 3. The molecule has 2 aromatic rings. The van der Waals surface area contributed by atoms with Crippen LogP contribution in [-0.2, 0) is 36.0 Å². The number of hydrogen-bond acceptors (Lipinski definition) is 8. The van der Waals surface area contributed by atoms with E-state index >= 15 is 0 Å². The lowest BCUT2D eigenvalue weighted by atomic mass is 9.76. The zero-order valence-corrected chi connectivity index (χ0v) is 32.8. The summed E-state index contributed by atoms with van der Waals surface area (Å²) in [7, 11) is -3.26. The Bertz CT molecular complexity index is 1580. The number of halogens is 3. The lowest BCUT2D eigenvalue weighted by Gasteiger charge is -2.39. The highest BCUT2D eigenvalue weighted by molar-refractivity contribution is 9.10. The van der Waals surface area contributed by atoms with Gasteiger partial charge in [0.25, 0.3) is 0 Å². The first-order valence-electron chi connectivity index (χ1n) is 17.0. The van der Waals surface area contributed by atoms with E-state index in [0.29, 0.717) is 24.5 Å². The molecule has 0 radical (unpaired) electrons. The van der Waals surface area contributed by atoms with Crippen LogP contribution >= 0.6 is 51.1 Å². The van der Waals surface area contributed by atoms with E-state index in [9.17, 15) is 18.9 Å². The number of nitrogens with one attached hydrogen (secondary N) is 1. The molecule has 49 heavy (non-hydrogen) atoms. The summed E-state index contributed by atoms with van der Waals surface area (Å²) in [4.78, 5) is 47.7. The van der Waals surface area contributed by atoms with Gasteiger partial charge in [0.2, 0.25) is 5.91 Å². The highest BCUT2D eigenvalue weighted by Crippen LogP contribution is 2.48. The number of pyridine rings is 1. The molecule has 5 rings (SSSR count). The average molecular weight is 846 g/mol. The molecular weight excluding hydrogens is 801 g/mol. The van der Waals surface area contributed by atoms with E-state index < -0.39 is 25.6 Å². The van der Waals surface area contributed by atoms with E-state index in [4.69, 9.17) is 31.4 Å². The van der Waals surface area contributed by atoms with Crippen LogP contribution in [0, 0.1) is 11.8 Å². The maximum Gasteiger partial charge on any atom is 0.331 e. The third-order valence-corrected chi connectivity index (χ3v) is 13.2. The maximum atomic E-state index is 13.7. The molecule has 1 aromatic carbocycles.